The summed E-state index contributed by atoms with van der Waals surface area (Å²) < 4.78 is 0. The predicted octanol–water partition coefficient (Wildman–Crippen LogP) is 2.24. The van der Waals surface area contributed by atoms with Gasteiger partial charge in [-0.05, 0) is 49.9 Å². The van der Waals surface area contributed by atoms with Crippen molar-refractivity contribution in [2.24, 2.45) is 0 Å². The zero-order valence-corrected chi connectivity index (χ0v) is 9.76. The molecule has 3 N–H and O–H groups in total. The number of aryl methyl sites for hydroxylation is 1. The molecule has 1 aromatic carbocycles. The summed E-state index contributed by atoms with van der Waals surface area (Å²) >= 11 is 4.33. The lowest BCUT2D eigenvalue weighted by Crippen LogP contribution is -2.21. The molecule has 1 aliphatic rings. The number of hydrogen-bond donors (Lipinski definition) is 3. The minimum absolute atomic E-state index is 0.714. The number of nitrogen functional groups attached to an aromatic ring is 1. The number of anilines is 1. The Kier molecular flexibility index (Phi) is 3.54. The van der Waals surface area contributed by atoms with Crippen molar-refractivity contribution in [2.45, 2.75) is 36.6 Å². The molecule has 1 aliphatic heterocycles. The van der Waals surface area contributed by atoms with Crippen molar-refractivity contribution in [3.8, 4) is 0 Å². The number of hydrogen-bond acceptors (Lipinski definition) is 3. The topological polar surface area (TPSA) is 38.0 Å². The maximum absolute atomic E-state index is 5.72. The number of benzene rings is 1. The van der Waals surface area contributed by atoms with Crippen molar-refractivity contribution in [1.82, 2.24) is 5.32 Å². The molecule has 0 aromatic heterocycles. The van der Waals surface area contributed by atoms with E-state index in [1.54, 1.807) is 0 Å². The molecule has 0 radical (unpaired) electrons. The molecule has 0 amide bonds. The fraction of sp³-hybridized carbons (Fsp3) is 0.500. The number of rotatable bonds is 3. The van der Waals surface area contributed by atoms with Crippen LogP contribution in [0.5, 0.6) is 0 Å². The van der Waals surface area contributed by atoms with Crippen LogP contribution in [-0.4, -0.2) is 12.6 Å². The first-order valence-electron chi connectivity index (χ1n) is 5.56. The Labute approximate surface area is 96.7 Å². The highest BCUT2D eigenvalue weighted by molar-refractivity contribution is 7.80. The SMILES string of the molecule is Nc1ccc(CCC2CCCN2)cc1S. The number of thiol groups is 1. The molecule has 2 nitrogen and oxygen atoms in total. The van der Waals surface area contributed by atoms with Gasteiger partial charge < -0.3 is 11.1 Å². The van der Waals surface area contributed by atoms with Crippen LogP contribution in [-0.2, 0) is 6.42 Å². The Morgan fingerprint density at radius 1 is 1.47 bits per heavy atom. The summed E-state index contributed by atoms with van der Waals surface area (Å²) in [7, 11) is 0. The second-order valence-electron chi connectivity index (χ2n) is 4.23. The van der Waals surface area contributed by atoms with E-state index in [4.69, 9.17) is 5.73 Å². The highest BCUT2D eigenvalue weighted by atomic mass is 32.1. The Morgan fingerprint density at radius 3 is 3.00 bits per heavy atom. The van der Waals surface area contributed by atoms with Crippen LogP contribution in [0.3, 0.4) is 0 Å². The summed E-state index contributed by atoms with van der Waals surface area (Å²) in [5, 5.41) is 3.51. The predicted molar refractivity (Wildman–Crippen MR) is 67.5 cm³/mol. The molecule has 15 heavy (non-hydrogen) atoms. The second-order valence-corrected chi connectivity index (χ2v) is 4.71. The van der Waals surface area contributed by atoms with Gasteiger partial charge in [0.25, 0.3) is 0 Å². The lowest BCUT2D eigenvalue weighted by atomic mass is 10.0. The molecule has 1 heterocycles. The van der Waals surface area contributed by atoms with Gasteiger partial charge in [0.2, 0.25) is 0 Å². The van der Waals surface area contributed by atoms with Gasteiger partial charge in [0.1, 0.15) is 0 Å². The van der Waals surface area contributed by atoms with E-state index in [0.717, 1.165) is 17.0 Å². The van der Waals surface area contributed by atoms with Crippen LogP contribution < -0.4 is 11.1 Å². The maximum atomic E-state index is 5.72. The summed E-state index contributed by atoms with van der Waals surface area (Å²) in [5.41, 5.74) is 7.82. The van der Waals surface area contributed by atoms with Gasteiger partial charge in [-0.1, -0.05) is 6.07 Å². The summed E-state index contributed by atoms with van der Waals surface area (Å²) in [6.45, 7) is 1.18. The molecule has 0 spiro atoms. The monoisotopic (exact) mass is 222 g/mol. The van der Waals surface area contributed by atoms with Crippen LogP contribution in [0, 0.1) is 0 Å². The van der Waals surface area contributed by atoms with E-state index in [1.807, 2.05) is 6.07 Å². The quantitative estimate of drug-likeness (QED) is 0.542. The summed E-state index contributed by atoms with van der Waals surface area (Å²) in [4.78, 5) is 0.895. The van der Waals surface area contributed by atoms with Gasteiger partial charge in [0.05, 0.1) is 0 Å². The van der Waals surface area contributed by atoms with Crippen molar-refractivity contribution >= 4 is 18.3 Å². The summed E-state index contributed by atoms with van der Waals surface area (Å²) in [6, 6.07) is 6.84. The van der Waals surface area contributed by atoms with E-state index in [2.05, 4.69) is 30.1 Å². The molecular formula is C12H18N2S. The van der Waals surface area contributed by atoms with Crippen LogP contribution in [0.2, 0.25) is 0 Å². The fourth-order valence-electron chi connectivity index (χ4n) is 2.09. The minimum Gasteiger partial charge on any atom is -0.398 e. The van der Waals surface area contributed by atoms with Crippen LogP contribution in [0.15, 0.2) is 23.1 Å². The molecule has 3 heteroatoms. The van der Waals surface area contributed by atoms with Crippen molar-refractivity contribution < 1.29 is 0 Å². The van der Waals surface area contributed by atoms with Crippen LogP contribution in [0.1, 0.15) is 24.8 Å². The first-order chi connectivity index (χ1) is 7.25. The number of nitrogens with one attached hydrogen (secondary N) is 1. The summed E-state index contributed by atoms with van der Waals surface area (Å²) in [5.74, 6) is 0. The van der Waals surface area contributed by atoms with Crippen molar-refractivity contribution in [3.05, 3.63) is 23.8 Å². The molecule has 1 unspecified atom stereocenters. The molecule has 0 bridgehead atoms. The van der Waals surface area contributed by atoms with Gasteiger partial charge in [-0.25, -0.2) is 0 Å². The second kappa shape index (κ2) is 4.90. The highest BCUT2D eigenvalue weighted by Gasteiger charge is 2.13. The Bertz CT molecular complexity index is 332. The van der Waals surface area contributed by atoms with E-state index in [1.165, 1.54) is 31.4 Å². The number of nitrogens with two attached hydrogens (primary N) is 1. The van der Waals surface area contributed by atoms with Crippen LogP contribution >= 0.6 is 12.6 Å². The van der Waals surface area contributed by atoms with E-state index in [9.17, 15) is 0 Å². The Hall–Kier alpha value is -0.670. The Morgan fingerprint density at radius 2 is 2.33 bits per heavy atom. The largest absolute Gasteiger partial charge is 0.398 e. The van der Waals surface area contributed by atoms with E-state index in [-0.39, 0.29) is 0 Å². The fourth-order valence-corrected chi connectivity index (χ4v) is 2.33. The third kappa shape index (κ3) is 2.89. The van der Waals surface area contributed by atoms with Crippen molar-refractivity contribution in [3.63, 3.8) is 0 Å². The van der Waals surface area contributed by atoms with Crippen LogP contribution in [0.4, 0.5) is 5.69 Å². The molecule has 82 valence electrons. The first kappa shape index (κ1) is 10.8. The minimum atomic E-state index is 0.714. The van der Waals surface area contributed by atoms with Crippen molar-refractivity contribution in [1.29, 1.82) is 0 Å². The third-order valence-electron chi connectivity index (χ3n) is 3.04. The normalized spacial score (nSPS) is 20.7. The van der Waals surface area contributed by atoms with Gasteiger partial charge in [-0.3, -0.25) is 0 Å². The molecule has 2 rings (SSSR count). The standard InChI is InChI=1S/C12H18N2S/c13-11-6-4-9(8-12(11)15)3-5-10-2-1-7-14-10/h4,6,8,10,14-15H,1-3,5,7,13H2. The lowest BCUT2D eigenvalue weighted by molar-refractivity contribution is 0.559. The van der Waals surface area contributed by atoms with E-state index in [0.29, 0.717) is 6.04 Å². The van der Waals surface area contributed by atoms with E-state index >= 15 is 0 Å². The molecule has 1 aromatic rings. The van der Waals surface area contributed by atoms with Gasteiger partial charge in [0, 0.05) is 16.6 Å². The molecule has 1 atom stereocenters. The summed E-state index contributed by atoms with van der Waals surface area (Å²) in [6.07, 6.45) is 4.98. The van der Waals surface area contributed by atoms with Crippen molar-refractivity contribution in [2.75, 3.05) is 12.3 Å². The van der Waals surface area contributed by atoms with Gasteiger partial charge >= 0.3 is 0 Å². The zero-order valence-electron chi connectivity index (χ0n) is 8.87. The average molecular weight is 222 g/mol. The maximum Gasteiger partial charge on any atom is 0.0449 e. The zero-order chi connectivity index (χ0) is 10.7. The first-order valence-corrected chi connectivity index (χ1v) is 6.01. The highest BCUT2D eigenvalue weighted by Crippen LogP contribution is 2.20. The third-order valence-corrected chi connectivity index (χ3v) is 3.43. The van der Waals surface area contributed by atoms with Gasteiger partial charge in [0.15, 0.2) is 0 Å². The molecular weight excluding hydrogens is 204 g/mol. The lowest BCUT2D eigenvalue weighted by Gasteiger charge is -2.10. The molecule has 0 aliphatic carbocycles. The smallest absolute Gasteiger partial charge is 0.0449 e. The Balaban J connectivity index is 1.90. The molecule has 1 fully saturated rings. The average Bonchev–Trinajstić information content (AvgIpc) is 2.73. The van der Waals surface area contributed by atoms with E-state index < -0.39 is 0 Å². The molecule has 1 saturated heterocycles. The van der Waals surface area contributed by atoms with Crippen LogP contribution in [0.25, 0.3) is 0 Å². The van der Waals surface area contributed by atoms with Gasteiger partial charge in [-0.2, -0.15) is 0 Å². The molecule has 0 saturated carbocycles. The van der Waals surface area contributed by atoms with Gasteiger partial charge in [-0.15, -0.1) is 12.6 Å².